The lowest BCUT2D eigenvalue weighted by atomic mass is 10.1. The number of carbonyl (C=O) groups is 1. The van der Waals surface area contributed by atoms with Crippen LogP contribution in [0.15, 0.2) is 30.3 Å². The minimum Gasteiger partial charge on any atom is -0.305 e. The molecular weight excluding hydrogens is 287 g/mol. The molecule has 0 heterocycles. The van der Waals surface area contributed by atoms with Crippen LogP contribution in [0.25, 0.3) is 0 Å². The van der Waals surface area contributed by atoms with Gasteiger partial charge in [0.05, 0.1) is 12.2 Å². The van der Waals surface area contributed by atoms with Gasteiger partial charge in [0.2, 0.25) is 0 Å². The average Bonchev–Trinajstić information content (AvgIpc) is 2.38. The van der Waals surface area contributed by atoms with Gasteiger partial charge < -0.3 is 9.05 Å². The van der Waals surface area contributed by atoms with Gasteiger partial charge in [0.1, 0.15) is 5.66 Å². The van der Waals surface area contributed by atoms with E-state index in [9.17, 15) is 9.36 Å². The fourth-order valence-corrected chi connectivity index (χ4v) is 4.51. The number of benzene rings is 1. The summed E-state index contributed by atoms with van der Waals surface area (Å²) in [7, 11) is -3.51. The summed E-state index contributed by atoms with van der Waals surface area (Å²) in [5, 5.41) is 0. The highest BCUT2D eigenvalue weighted by atomic mass is 31.2. The Morgan fingerprint density at radius 3 is 1.90 bits per heavy atom. The van der Waals surface area contributed by atoms with E-state index in [2.05, 4.69) is 0 Å². The normalized spacial score (nSPS) is 13.7. The third-order valence-corrected chi connectivity index (χ3v) is 5.64. The zero-order valence-electron chi connectivity index (χ0n) is 13.4. The molecule has 4 nitrogen and oxygen atoms in total. The van der Waals surface area contributed by atoms with Crippen molar-refractivity contribution in [3.05, 3.63) is 35.9 Å². The van der Waals surface area contributed by atoms with E-state index in [1.54, 1.807) is 52.0 Å². The highest BCUT2D eigenvalue weighted by Gasteiger charge is 2.41. The standard InChI is InChI=1S/C16H25O4P/c1-6-15(16(17)14-10-8-7-9-11-14)21(18,19-12(2)3)20-13(4)5/h7-13,15H,6H2,1-5H3. The molecule has 0 amide bonds. The van der Waals surface area contributed by atoms with Gasteiger partial charge in [-0.3, -0.25) is 9.36 Å². The molecule has 0 saturated carbocycles. The summed E-state index contributed by atoms with van der Waals surface area (Å²) >= 11 is 0. The Balaban J connectivity index is 3.12. The average molecular weight is 312 g/mol. The summed E-state index contributed by atoms with van der Waals surface area (Å²) < 4.78 is 24.2. The summed E-state index contributed by atoms with van der Waals surface area (Å²) in [4.78, 5) is 12.7. The van der Waals surface area contributed by atoms with Crippen molar-refractivity contribution < 1.29 is 18.4 Å². The number of ketones is 1. The minimum absolute atomic E-state index is 0.192. The quantitative estimate of drug-likeness (QED) is 0.516. The maximum Gasteiger partial charge on any atom is 0.341 e. The third kappa shape index (κ3) is 5.06. The van der Waals surface area contributed by atoms with Crippen molar-refractivity contribution in [3.8, 4) is 0 Å². The van der Waals surface area contributed by atoms with Gasteiger partial charge in [-0.15, -0.1) is 0 Å². The fraction of sp³-hybridized carbons (Fsp3) is 0.562. The van der Waals surface area contributed by atoms with Crippen LogP contribution in [0.3, 0.4) is 0 Å². The van der Waals surface area contributed by atoms with Crippen LogP contribution in [-0.2, 0) is 13.6 Å². The predicted molar refractivity (Wildman–Crippen MR) is 84.9 cm³/mol. The molecule has 1 unspecified atom stereocenters. The molecule has 1 atom stereocenters. The predicted octanol–water partition coefficient (Wildman–Crippen LogP) is 4.69. The van der Waals surface area contributed by atoms with Crippen molar-refractivity contribution in [2.24, 2.45) is 0 Å². The van der Waals surface area contributed by atoms with E-state index in [1.807, 2.05) is 13.0 Å². The second-order valence-corrected chi connectivity index (χ2v) is 7.63. The second kappa shape index (κ2) is 7.88. The van der Waals surface area contributed by atoms with E-state index in [-0.39, 0.29) is 18.0 Å². The number of hydrogen-bond donors (Lipinski definition) is 0. The molecule has 0 aromatic heterocycles. The molecule has 0 aliphatic rings. The molecule has 0 bridgehead atoms. The lowest BCUT2D eigenvalue weighted by Crippen LogP contribution is -2.25. The smallest absolute Gasteiger partial charge is 0.305 e. The van der Waals surface area contributed by atoms with Gasteiger partial charge >= 0.3 is 7.60 Å². The maximum absolute atomic E-state index is 13.1. The number of hydrogen-bond acceptors (Lipinski definition) is 4. The molecule has 0 spiro atoms. The number of rotatable bonds is 8. The first kappa shape index (κ1) is 18.1. The van der Waals surface area contributed by atoms with E-state index in [4.69, 9.17) is 9.05 Å². The van der Waals surface area contributed by atoms with E-state index in [0.29, 0.717) is 12.0 Å². The van der Waals surface area contributed by atoms with Crippen molar-refractivity contribution in [2.75, 3.05) is 0 Å². The Labute approximate surface area is 127 Å². The zero-order chi connectivity index (χ0) is 16.0. The van der Waals surface area contributed by atoms with Gasteiger partial charge in [-0.25, -0.2) is 0 Å². The van der Waals surface area contributed by atoms with Crippen LogP contribution < -0.4 is 0 Å². The molecular formula is C16H25O4P. The van der Waals surface area contributed by atoms with Crippen molar-refractivity contribution >= 4 is 13.4 Å². The minimum atomic E-state index is -3.51. The second-order valence-electron chi connectivity index (χ2n) is 5.50. The Morgan fingerprint density at radius 2 is 1.52 bits per heavy atom. The molecule has 118 valence electrons. The van der Waals surface area contributed by atoms with Gasteiger partial charge in [0.25, 0.3) is 0 Å². The molecule has 0 aliphatic carbocycles. The van der Waals surface area contributed by atoms with Gasteiger partial charge in [-0.2, -0.15) is 0 Å². The Morgan fingerprint density at radius 1 is 1.05 bits per heavy atom. The molecule has 5 heteroatoms. The largest absolute Gasteiger partial charge is 0.341 e. The molecule has 21 heavy (non-hydrogen) atoms. The van der Waals surface area contributed by atoms with Crippen LogP contribution in [0.1, 0.15) is 51.4 Å². The molecule has 0 saturated heterocycles. The number of carbonyl (C=O) groups excluding carboxylic acids is 1. The summed E-state index contributed by atoms with van der Waals surface area (Å²) in [5.74, 6) is -0.192. The maximum atomic E-state index is 13.1. The van der Waals surface area contributed by atoms with Crippen LogP contribution in [0.5, 0.6) is 0 Å². The Bertz CT molecular complexity index is 482. The van der Waals surface area contributed by atoms with Crippen LogP contribution in [0, 0.1) is 0 Å². The summed E-state index contributed by atoms with van der Waals surface area (Å²) in [6.07, 6.45) is -0.135. The number of Topliss-reactive ketones (excluding diaryl/α,β-unsaturated/α-hetero) is 1. The summed E-state index contributed by atoms with van der Waals surface area (Å²) in [5.41, 5.74) is -0.242. The highest BCUT2D eigenvalue weighted by Crippen LogP contribution is 2.57. The molecule has 0 aliphatic heterocycles. The van der Waals surface area contributed by atoms with Crippen molar-refractivity contribution in [3.63, 3.8) is 0 Å². The highest BCUT2D eigenvalue weighted by molar-refractivity contribution is 7.55. The topological polar surface area (TPSA) is 52.6 Å². The first-order chi connectivity index (χ1) is 9.80. The monoisotopic (exact) mass is 312 g/mol. The molecule has 1 aromatic carbocycles. The van der Waals surface area contributed by atoms with E-state index in [0.717, 1.165) is 0 Å². The third-order valence-electron chi connectivity index (χ3n) is 2.84. The summed E-state index contributed by atoms with van der Waals surface area (Å²) in [6.45, 7) is 8.98. The van der Waals surface area contributed by atoms with Crippen molar-refractivity contribution in [2.45, 2.75) is 58.9 Å². The molecule has 0 fully saturated rings. The van der Waals surface area contributed by atoms with Gasteiger partial charge in [0, 0.05) is 5.56 Å². The first-order valence-corrected chi connectivity index (χ1v) is 8.97. The zero-order valence-corrected chi connectivity index (χ0v) is 14.3. The van der Waals surface area contributed by atoms with E-state index in [1.165, 1.54) is 0 Å². The first-order valence-electron chi connectivity index (χ1n) is 7.36. The van der Waals surface area contributed by atoms with Gasteiger partial charge in [-0.1, -0.05) is 37.3 Å². The lowest BCUT2D eigenvalue weighted by molar-refractivity contribution is 0.0938. The molecule has 1 rings (SSSR count). The van der Waals surface area contributed by atoms with Gasteiger partial charge in [0.15, 0.2) is 5.78 Å². The van der Waals surface area contributed by atoms with Crippen LogP contribution in [0.4, 0.5) is 0 Å². The fourth-order valence-electron chi connectivity index (χ4n) is 2.11. The van der Waals surface area contributed by atoms with Gasteiger partial charge in [-0.05, 0) is 34.1 Å². The molecule has 0 radical (unpaired) electrons. The van der Waals surface area contributed by atoms with Crippen molar-refractivity contribution in [1.29, 1.82) is 0 Å². The molecule has 1 aromatic rings. The summed E-state index contributed by atoms with van der Waals surface area (Å²) in [6, 6.07) is 8.86. The van der Waals surface area contributed by atoms with Crippen molar-refractivity contribution in [1.82, 2.24) is 0 Å². The van der Waals surface area contributed by atoms with E-state index < -0.39 is 13.3 Å². The SMILES string of the molecule is CCC(C(=O)c1ccccc1)P(=O)(OC(C)C)OC(C)C. The van der Waals surface area contributed by atoms with Crippen LogP contribution in [0.2, 0.25) is 0 Å². The molecule has 0 N–H and O–H groups in total. The Kier molecular flexibility index (Phi) is 6.79. The Hall–Kier alpha value is -0.960. The van der Waals surface area contributed by atoms with Crippen LogP contribution >= 0.6 is 7.60 Å². The lowest BCUT2D eigenvalue weighted by Gasteiger charge is -2.28. The van der Waals surface area contributed by atoms with E-state index >= 15 is 0 Å². The van der Waals surface area contributed by atoms with Crippen LogP contribution in [-0.4, -0.2) is 23.7 Å².